The van der Waals surface area contributed by atoms with Crippen LogP contribution in [-0.4, -0.2) is 9.52 Å². The normalized spacial score (nSPS) is 9.86. The van der Waals surface area contributed by atoms with Crippen molar-refractivity contribution >= 4 is 60.2 Å². The van der Waals surface area contributed by atoms with Gasteiger partial charge in [0.25, 0.3) is 0 Å². The number of hydrogen-bond acceptors (Lipinski definition) is 0. The summed E-state index contributed by atoms with van der Waals surface area (Å²) in [5, 5.41) is 5.24. The van der Waals surface area contributed by atoms with Gasteiger partial charge >= 0.3 is 37.9 Å². The van der Waals surface area contributed by atoms with Gasteiger partial charge in [0.2, 0.25) is 0 Å². The molecule has 0 aliphatic rings. The molecule has 6 aromatic rings. The molecule has 4 heteroatoms. The maximum atomic E-state index is 4.93. The molecule has 2 radical (unpaired) electrons. The van der Waals surface area contributed by atoms with Gasteiger partial charge in [-0.1, -0.05) is 147 Å². The van der Waals surface area contributed by atoms with Crippen molar-refractivity contribution in [3.63, 3.8) is 0 Å². The van der Waals surface area contributed by atoms with Crippen molar-refractivity contribution in [2.75, 3.05) is 0 Å². The standard InChI is InChI=1S/2C18H15.C2H6Si.2ClH.Zr/c2*1-3-14-11-16-9-13(2)10-17(16)18(12-14)15-7-5-4-6-8-15;1-3-2;;;/h2*3-12H,1H2,2H3;1-2H3;2*1H;/q2*-1;;;;+4/p-2. The minimum atomic E-state index is -0.826. The topological polar surface area (TPSA) is 0 Å². The van der Waals surface area contributed by atoms with E-state index in [1.54, 1.807) is 0 Å². The molecule has 0 amide bonds. The van der Waals surface area contributed by atoms with Gasteiger partial charge in [-0.2, -0.15) is 12.1 Å². The van der Waals surface area contributed by atoms with Crippen LogP contribution in [0.3, 0.4) is 0 Å². The van der Waals surface area contributed by atoms with E-state index in [9.17, 15) is 0 Å². The molecule has 0 nitrogen and oxygen atoms in total. The van der Waals surface area contributed by atoms with Crippen LogP contribution >= 0.6 is 17.0 Å². The summed E-state index contributed by atoms with van der Waals surface area (Å²) < 4.78 is 0. The molecule has 0 saturated heterocycles. The molecule has 0 aliphatic carbocycles. The molecule has 0 heterocycles. The van der Waals surface area contributed by atoms with E-state index in [-0.39, 0.29) is 0 Å². The molecule has 42 heavy (non-hydrogen) atoms. The first kappa shape index (κ1) is 33.8. The Kier molecular flexibility index (Phi) is 14.0. The fourth-order valence-electron chi connectivity index (χ4n) is 4.94. The second kappa shape index (κ2) is 17.4. The van der Waals surface area contributed by atoms with E-state index in [2.05, 4.69) is 137 Å². The van der Waals surface area contributed by atoms with Crippen molar-refractivity contribution in [1.29, 1.82) is 0 Å². The van der Waals surface area contributed by atoms with E-state index in [0.717, 1.165) is 9.52 Å². The van der Waals surface area contributed by atoms with Crippen molar-refractivity contribution in [3.8, 4) is 22.3 Å². The van der Waals surface area contributed by atoms with Crippen LogP contribution in [-0.2, 0) is 20.8 Å². The molecule has 0 atom stereocenters. The first-order chi connectivity index (χ1) is 20.4. The van der Waals surface area contributed by atoms with Crippen LogP contribution in [0.4, 0.5) is 0 Å². The maximum absolute atomic E-state index is 4.93. The van der Waals surface area contributed by atoms with E-state index in [1.165, 1.54) is 66.1 Å². The number of hydrogen-bond donors (Lipinski definition) is 0. The third-order valence-corrected chi connectivity index (χ3v) is 6.62. The fourth-order valence-corrected chi connectivity index (χ4v) is 4.94. The van der Waals surface area contributed by atoms with E-state index in [0.29, 0.717) is 0 Å². The summed E-state index contributed by atoms with van der Waals surface area (Å²) in [4.78, 5) is 0. The minimum absolute atomic E-state index is 0.826. The summed E-state index contributed by atoms with van der Waals surface area (Å²) >= 11 is -0.826. The first-order valence-electron chi connectivity index (χ1n) is 13.7. The Hall–Kier alpha value is -2.74. The van der Waals surface area contributed by atoms with Crippen molar-refractivity contribution in [1.82, 2.24) is 0 Å². The van der Waals surface area contributed by atoms with E-state index in [1.807, 2.05) is 24.3 Å². The molecule has 210 valence electrons. The quantitative estimate of drug-likeness (QED) is 0.128. The van der Waals surface area contributed by atoms with Gasteiger partial charge in [0.05, 0.1) is 0 Å². The Morgan fingerprint density at radius 1 is 0.619 bits per heavy atom. The Morgan fingerprint density at radius 3 is 1.26 bits per heavy atom. The second-order valence-corrected chi connectivity index (χ2v) is 14.7. The van der Waals surface area contributed by atoms with Gasteiger partial charge in [-0.05, 0) is 11.1 Å². The molecule has 6 rings (SSSR count). The van der Waals surface area contributed by atoms with Crippen molar-refractivity contribution in [3.05, 3.63) is 145 Å². The van der Waals surface area contributed by atoms with Gasteiger partial charge in [-0.15, -0.1) is 56.9 Å². The summed E-state index contributed by atoms with van der Waals surface area (Å²) in [6.45, 7) is 16.3. The third-order valence-electron chi connectivity index (χ3n) is 6.62. The number of fused-ring (bicyclic) bond motifs is 2. The monoisotopic (exact) mass is 680 g/mol. The molecule has 6 aromatic carbocycles. The molecule has 0 bridgehead atoms. The average Bonchev–Trinajstić information content (AvgIpc) is 3.58. The molecule has 0 saturated carbocycles. The van der Waals surface area contributed by atoms with Crippen LogP contribution in [0.1, 0.15) is 22.3 Å². The Labute approximate surface area is 272 Å². The molecule has 0 N–H and O–H groups in total. The Bertz CT molecular complexity index is 1580. The third kappa shape index (κ3) is 9.13. The van der Waals surface area contributed by atoms with Gasteiger partial charge in [-0.3, -0.25) is 0 Å². The average molecular weight is 683 g/mol. The van der Waals surface area contributed by atoms with E-state index in [4.69, 9.17) is 17.0 Å². The molecule has 0 unspecified atom stereocenters. The number of rotatable bonds is 4. The zero-order valence-corrected chi connectivity index (χ0v) is 29.7. The molecule has 0 aromatic heterocycles. The van der Waals surface area contributed by atoms with Crippen LogP contribution < -0.4 is 0 Å². The van der Waals surface area contributed by atoms with Crippen LogP contribution in [0.5, 0.6) is 0 Å². The summed E-state index contributed by atoms with van der Waals surface area (Å²) in [7, 11) is 11.0. The molecule has 0 aliphatic heterocycles. The van der Waals surface area contributed by atoms with Crippen molar-refractivity contribution < 1.29 is 20.8 Å². The number of halogens is 2. The molecular weight excluding hydrogens is 647 g/mol. The predicted molar refractivity (Wildman–Crippen MR) is 189 cm³/mol. The van der Waals surface area contributed by atoms with Gasteiger partial charge in [-0.25, -0.2) is 0 Å². The number of benzene rings is 4. The van der Waals surface area contributed by atoms with E-state index < -0.39 is 20.8 Å². The second-order valence-electron chi connectivity index (χ2n) is 9.92. The van der Waals surface area contributed by atoms with Crippen LogP contribution in [0.15, 0.2) is 122 Å². The zero-order chi connectivity index (χ0) is 30.5. The van der Waals surface area contributed by atoms with Crippen molar-refractivity contribution in [2.45, 2.75) is 26.9 Å². The summed E-state index contributed by atoms with van der Waals surface area (Å²) in [5.74, 6) is 0. The summed E-state index contributed by atoms with van der Waals surface area (Å²) in [5.41, 5.74) is 10.1. The van der Waals surface area contributed by atoms with Gasteiger partial charge in [0.15, 0.2) is 0 Å². The van der Waals surface area contributed by atoms with Crippen molar-refractivity contribution in [2.24, 2.45) is 0 Å². The van der Waals surface area contributed by atoms with Gasteiger partial charge < -0.3 is 0 Å². The zero-order valence-electron chi connectivity index (χ0n) is 24.7. The van der Waals surface area contributed by atoms with Gasteiger partial charge in [0, 0.05) is 9.52 Å². The number of aryl methyl sites for hydroxylation is 2. The first-order valence-corrected chi connectivity index (χ1v) is 22.0. The van der Waals surface area contributed by atoms with E-state index >= 15 is 0 Å². The van der Waals surface area contributed by atoms with Gasteiger partial charge in [0.1, 0.15) is 0 Å². The van der Waals surface area contributed by atoms with Crippen LogP contribution in [0, 0.1) is 13.8 Å². The predicted octanol–water partition coefficient (Wildman–Crippen LogP) is 12.5. The molecule has 0 spiro atoms. The Morgan fingerprint density at radius 2 is 0.952 bits per heavy atom. The summed E-state index contributed by atoms with van der Waals surface area (Å²) in [6.07, 6.45) is 3.82. The van der Waals surface area contributed by atoms with Crippen LogP contribution in [0.25, 0.3) is 56.0 Å². The molecular formula is C38H36Cl2SiZr. The van der Waals surface area contributed by atoms with Crippen LogP contribution in [0.2, 0.25) is 13.1 Å². The SMILES string of the molecule is C=Cc1cc(-c2ccccc2)c2cc(C)[cH-]c2c1.C=Cc1cc(-c2ccccc2)c2cc(C)[cH-]c2c1.C[Si]C.[Cl][Zr+2][Cl]. The fraction of sp³-hybridized carbons (Fsp3) is 0.105. The Balaban J connectivity index is 0.000000195. The molecule has 0 fully saturated rings. The summed E-state index contributed by atoms with van der Waals surface area (Å²) in [6, 6.07) is 38.8.